The van der Waals surface area contributed by atoms with E-state index in [-0.39, 0.29) is 22.8 Å². The van der Waals surface area contributed by atoms with Crippen molar-refractivity contribution in [2.45, 2.75) is 19.3 Å². The fourth-order valence-electron chi connectivity index (χ4n) is 2.22. The number of anilines is 1. The number of tetrazole rings is 1. The minimum Gasteiger partial charge on any atom is -0.487 e. The van der Waals surface area contributed by atoms with Crippen LogP contribution in [0, 0.1) is 28.9 Å². The summed E-state index contributed by atoms with van der Waals surface area (Å²) in [5.41, 5.74) is 0.201. The molecule has 124 valence electrons. The number of aromatic nitrogens is 4. The Kier molecular flexibility index (Phi) is 4.65. The number of nitrogens with zero attached hydrogens (tertiary/aromatic N) is 4. The van der Waals surface area contributed by atoms with Crippen LogP contribution in [0.1, 0.15) is 25.1 Å². The van der Waals surface area contributed by atoms with Crippen LogP contribution in [-0.4, -0.2) is 27.2 Å². The molecule has 24 heavy (non-hydrogen) atoms. The first-order valence-electron chi connectivity index (χ1n) is 7.40. The van der Waals surface area contributed by atoms with Crippen LogP contribution >= 0.6 is 0 Å². The number of hydrogen-bond donors (Lipinski definition) is 2. The number of aromatic amines is 1. The second-order valence-corrected chi connectivity index (χ2v) is 5.43. The van der Waals surface area contributed by atoms with Gasteiger partial charge in [-0.1, -0.05) is 6.42 Å². The molecule has 0 spiro atoms. The first-order valence-corrected chi connectivity index (χ1v) is 7.40. The van der Waals surface area contributed by atoms with Crippen LogP contribution in [0.25, 0.3) is 5.57 Å². The number of nitrogens with one attached hydrogen (secondary N) is 2. The summed E-state index contributed by atoms with van der Waals surface area (Å²) in [6, 6.07) is 4.06. The quantitative estimate of drug-likeness (QED) is 0.789. The first-order chi connectivity index (χ1) is 11.7. The smallest absolute Gasteiger partial charge is 0.216 e. The topological polar surface area (TPSA) is 99.5 Å². The van der Waals surface area contributed by atoms with Crippen molar-refractivity contribution < 1.29 is 13.5 Å². The minimum atomic E-state index is -0.803. The number of H-pyrrole nitrogens is 1. The van der Waals surface area contributed by atoms with E-state index in [0.717, 1.165) is 31.4 Å². The van der Waals surface area contributed by atoms with Crippen LogP contribution in [0.5, 0.6) is 5.75 Å². The lowest BCUT2D eigenvalue weighted by Gasteiger charge is -2.25. The number of hydrogen-bond acceptors (Lipinski definition) is 6. The van der Waals surface area contributed by atoms with E-state index < -0.39 is 11.6 Å². The van der Waals surface area contributed by atoms with Crippen molar-refractivity contribution in [2.24, 2.45) is 5.92 Å². The number of nitriles is 1. The third kappa shape index (κ3) is 3.48. The number of allylic oxidation sites excluding steroid dienone is 1. The Bertz CT molecular complexity index is 757. The Labute approximate surface area is 136 Å². The Morgan fingerprint density at radius 2 is 2.17 bits per heavy atom. The molecule has 9 heteroatoms. The monoisotopic (exact) mass is 332 g/mol. The van der Waals surface area contributed by atoms with Crippen molar-refractivity contribution in [2.75, 3.05) is 11.9 Å². The SMILES string of the molecule is N#CC(=CNc1cc(F)c(OCC2CCC2)c(F)c1)c1nn[nH]n1. The second-order valence-electron chi connectivity index (χ2n) is 5.43. The summed E-state index contributed by atoms with van der Waals surface area (Å²) in [4.78, 5) is 0. The molecule has 1 aromatic carbocycles. The summed E-state index contributed by atoms with van der Waals surface area (Å²) in [6.07, 6.45) is 4.44. The van der Waals surface area contributed by atoms with Gasteiger partial charge in [0.2, 0.25) is 5.82 Å². The van der Waals surface area contributed by atoms with E-state index >= 15 is 0 Å². The normalized spacial score (nSPS) is 14.8. The van der Waals surface area contributed by atoms with Gasteiger partial charge in [0, 0.05) is 24.0 Å². The van der Waals surface area contributed by atoms with Gasteiger partial charge < -0.3 is 10.1 Å². The lowest BCUT2D eigenvalue weighted by Crippen LogP contribution is -2.20. The van der Waals surface area contributed by atoms with Gasteiger partial charge in [-0.05, 0) is 24.0 Å². The molecule has 7 nitrogen and oxygen atoms in total. The van der Waals surface area contributed by atoms with Crippen molar-refractivity contribution in [3.8, 4) is 11.8 Å². The van der Waals surface area contributed by atoms with E-state index in [1.54, 1.807) is 0 Å². The third-order valence-corrected chi connectivity index (χ3v) is 3.78. The Hall–Kier alpha value is -3.02. The Morgan fingerprint density at radius 3 is 2.71 bits per heavy atom. The molecule has 1 aliphatic rings. The van der Waals surface area contributed by atoms with Crippen molar-refractivity contribution in [3.05, 3.63) is 35.8 Å². The van der Waals surface area contributed by atoms with Gasteiger partial charge in [-0.25, -0.2) is 8.78 Å². The van der Waals surface area contributed by atoms with E-state index in [0.29, 0.717) is 12.5 Å². The molecular formula is C15H14F2N6O. The van der Waals surface area contributed by atoms with Gasteiger partial charge in [-0.2, -0.15) is 10.5 Å². The molecule has 2 N–H and O–H groups in total. The summed E-state index contributed by atoms with van der Waals surface area (Å²) in [7, 11) is 0. The molecule has 0 bridgehead atoms. The van der Waals surface area contributed by atoms with Gasteiger partial charge in [-0.15, -0.1) is 10.2 Å². The molecule has 1 fully saturated rings. The molecule has 0 radical (unpaired) electrons. The average molecular weight is 332 g/mol. The predicted octanol–water partition coefficient (Wildman–Crippen LogP) is 2.63. The standard InChI is InChI=1S/C15H14F2N6O/c16-12-4-11(19-7-10(6-18)15-20-22-23-21-15)5-13(17)14(12)24-8-9-2-1-3-9/h4-5,7,9,19H,1-3,8H2,(H,20,21,22,23). The fourth-order valence-corrected chi connectivity index (χ4v) is 2.22. The largest absolute Gasteiger partial charge is 0.487 e. The Balaban J connectivity index is 1.71. The summed E-state index contributed by atoms with van der Waals surface area (Å²) in [5, 5.41) is 24.5. The van der Waals surface area contributed by atoms with Gasteiger partial charge in [0.05, 0.1) is 6.61 Å². The highest BCUT2D eigenvalue weighted by Crippen LogP contribution is 2.30. The minimum absolute atomic E-state index is 0.0647. The highest BCUT2D eigenvalue weighted by Gasteiger charge is 2.20. The lowest BCUT2D eigenvalue weighted by molar-refractivity contribution is 0.170. The van der Waals surface area contributed by atoms with E-state index in [1.807, 2.05) is 6.07 Å². The number of rotatable bonds is 6. The van der Waals surface area contributed by atoms with Crippen molar-refractivity contribution in [1.29, 1.82) is 5.26 Å². The van der Waals surface area contributed by atoms with Gasteiger partial charge in [-0.3, -0.25) is 0 Å². The van der Waals surface area contributed by atoms with E-state index in [4.69, 9.17) is 10.00 Å². The number of benzene rings is 1. The molecule has 0 saturated heterocycles. The molecule has 1 aromatic heterocycles. The van der Waals surface area contributed by atoms with Crippen molar-refractivity contribution in [1.82, 2.24) is 20.6 Å². The summed E-state index contributed by atoms with van der Waals surface area (Å²) in [5.74, 6) is -1.54. The molecule has 1 saturated carbocycles. The average Bonchev–Trinajstić information content (AvgIpc) is 3.03. The molecule has 1 heterocycles. The molecular weight excluding hydrogens is 318 g/mol. The van der Waals surface area contributed by atoms with Crippen LogP contribution in [0.4, 0.5) is 14.5 Å². The van der Waals surface area contributed by atoms with Crippen LogP contribution in [-0.2, 0) is 0 Å². The number of ether oxygens (including phenoxy) is 1. The maximum atomic E-state index is 14.0. The molecule has 3 rings (SSSR count). The maximum Gasteiger partial charge on any atom is 0.216 e. The first kappa shape index (κ1) is 15.9. The summed E-state index contributed by atoms with van der Waals surface area (Å²) in [6.45, 7) is 0.316. The van der Waals surface area contributed by atoms with Crippen LogP contribution in [0.3, 0.4) is 0 Å². The highest BCUT2D eigenvalue weighted by molar-refractivity contribution is 5.74. The van der Waals surface area contributed by atoms with E-state index in [1.165, 1.54) is 6.20 Å². The molecule has 0 aliphatic heterocycles. The molecule has 0 atom stereocenters. The highest BCUT2D eigenvalue weighted by atomic mass is 19.1. The zero-order chi connectivity index (χ0) is 16.9. The van der Waals surface area contributed by atoms with Gasteiger partial charge >= 0.3 is 0 Å². The van der Waals surface area contributed by atoms with Crippen LogP contribution < -0.4 is 10.1 Å². The maximum absolute atomic E-state index is 14.0. The van der Waals surface area contributed by atoms with Crippen LogP contribution in [0.2, 0.25) is 0 Å². The van der Waals surface area contributed by atoms with Crippen LogP contribution in [0.15, 0.2) is 18.3 Å². The zero-order valence-corrected chi connectivity index (χ0v) is 12.6. The van der Waals surface area contributed by atoms with E-state index in [9.17, 15) is 8.78 Å². The third-order valence-electron chi connectivity index (χ3n) is 3.78. The van der Waals surface area contributed by atoms with Crippen molar-refractivity contribution in [3.63, 3.8) is 0 Å². The number of halogens is 2. The second kappa shape index (κ2) is 7.04. The summed E-state index contributed by atoms with van der Waals surface area (Å²) < 4.78 is 33.3. The molecule has 0 unspecified atom stereocenters. The van der Waals surface area contributed by atoms with Gasteiger partial charge in [0.25, 0.3) is 0 Å². The molecule has 2 aromatic rings. The molecule has 1 aliphatic carbocycles. The predicted molar refractivity (Wildman–Crippen MR) is 80.6 cm³/mol. The molecule has 0 amide bonds. The lowest BCUT2D eigenvalue weighted by atomic mass is 9.86. The van der Waals surface area contributed by atoms with Crippen molar-refractivity contribution >= 4 is 11.3 Å². The zero-order valence-electron chi connectivity index (χ0n) is 12.6. The van der Waals surface area contributed by atoms with Gasteiger partial charge in [0.1, 0.15) is 11.6 Å². The summed E-state index contributed by atoms with van der Waals surface area (Å²) >= 11 is 0. The van der Waals surface area contributed by atoms with E-state index in [2.05, 4.69) is 25.9 Å². The Morgan fingerprint density at radius 1 is 1.42 bits per heavy atom. The van der Waals surface area contributed by atoms with Gasteiger partial charge in [0.15, 0.2) is 17.4 Å². The fraction of sp³-hybridized carbons (Fsp3) is 0.333.